The summed E-state index contributed by atoms with van der Waals surface area (Å²) in [5.74, 6) is 0. The number of hydrogen-bond donors (Lipinski definition) is 1. The van der Waals surface area contributed by atoms with Crippen LogP contribution < -0.4 is 10.6 Å². The van der Waals surface area contributed by atoms with Crippen LogP contribution in [0.25, 0.3) is 5.69 Å². The number of nitrogens with one attached hydrogen (secondary N) is 1. The first kappa shape index (κ1) is 13.9. The molecular weight excluding hydrogens is 290 g/mol. The third-order valence-electron chi connectivity index (χ3n) is 4.32. The van der Waals surface area contributed by atoms with E-state index in [-0.39, 0.29) is 5.69 Å². The van der Waals surface area contributed by atoms with Gasteiger partial charge in [0.2, 0.25) is 0 Å². The highest BCUT2D eigenvalue weighted by Crippen LogP contribution is 2.10. The van der Waals surface area contributed by atoms with E-state index in [2.05, 4.69) is 34.7 Å². The maximum atomic E-state index is 12.5. The maximum absolute atomic E-state index is 12.5. The summed E-state index contributed by atoms with van der Waals surface area (Å²) in [5.41, 5.74) is 3.32. The molecule has 6 heteroatoms. The van der Waals surface area contributed by atoms with Crippen molar-refractivity contribution < 1.29 is 4.90 Å². The summed E-state index contributed by atoms with van der Waals surface area (Å²) < 4.78 is 2.80. The zero-order valence-electron chi connectivity index (χ0n) is 12.7. The summed E-state index contributed by atoms with van der Waals surface area (Å²) in [6.45, 7) is 2.46. The predicted octanol–water partition coefficient (Wildman–Crippen LogP) is 0.0277. The van der Waals surface area contributed by atoms with Crippen LogP contribution in [0.3, 0.4) is 0 Å². The monoisotopic (exact) mass is 308 g/mol. The molecule has 0 spiro atoms. The summed E-state index contributed by atoms with van der Waals surface area (Å²) in [6, 6.07) is 17.9. The van der Waals surface area contributed by atoms with E-state index in [4.69, 9.17) is 0 Å². The van der Waals surface area contributed by atoms with Crippen molar-refractivity contribution >= 4 is 0 Å². The van der Waals surface area contributed by atoms with Crippen LogP contribution in [0, 0.1) is 0 Å². The molecule has 1 aliphatic heterocycles. The third kappa shape index (κ3) is 2.68. The first-order valence-electron chi connectivity index (χ1n) is 7.80. The van der Waals surface area contributed by atoms with Crippen LogP contribution in [0.2, 0.25) is 0 Å². The minimum atomic E-state index is -0.192. The molecule has 0 radical (unpaired) electrons. The Labute approximate surface area is 133 Å². The Morgan fingerprint density at radius 1 is 0.957 bits per heavy atom. The molecule has 2 heterocycles. The quantitative estimate of drug-likeness (QED) is 0.742. The zero-order valence-corrected chi connectivity index (χ0v) is 12.7. The van der Waals surface area contributed by atoms with Crippen LogP contribution in [0.5, 0.6) is 0 Å². The largest absolute Gasteiger partial charge is 0.373 e. The molecule has 6 nitrogen and oxygen atoms in total. The number of fused-ring (bicyclic) bond motifs is 1. The number of aromatic nitrogens is 4. The Morgan fingerprint density at radius 2 is 1.70 bits per heavy atom. The number of nitrogens with zero attached hydrogens (tertiary/aromatic N) is 4. The van der Waals surface area contributed by atoms with Gasteiger partial charge in [-0.2, -0.15) is 4.68 Å². The minimum absolute atomic E-state index is 0.192. The van der Waals surface area contributed by atoms with Crippen molar-refractivity contribution in [1.29, 1.82) is 0 Å². The average Bonchev–Trinajstić information content (AvgIpc) is 2.96. The van der Waals surface area contributed by atoms with Gasteiger partial charge in [0.1, 0.15) is 6.54 Å². The Hall–Kier alpha value is -2.73. The van der Waals surface area contributed by atoms with Gasteiger partial charge in [-0.05, 0) is 28.1 Å². The number of hydrogen-bond acceptors (Lipinski definition) is 3. The fraction of sp³-hybridized carbons (Fsp3) is 0.235. The number of quaternary nitrogens is 1. The number of tetrazole rings is 1. The molecule has 0 saturated carbocycles. The van der Waals surface area contributed by atoms with Gasteiger partial charge in [-0.15, -0.1) is 4.68 Å². The number of para-hydroxylation sites is 1. The van der Waals surface area contributed by atoms with E-state index in [0.717, 1.165) is 25.2 Å². The standard InChI is InChI=1S/C17H17N5O/c23-17-21(18-19-22(17)16-8-2-1-3-9-16)13-20-11-10-14-6-4-5-7-15(14)12-20/h1-9H,10-13H2/p+1. The van der Waals surface area contributed by atoms with Crippen molar-refractivity contribution in [3.8, 4) is 5.69 Å². The number of rotatable bonds is 3. The van der Waals surface area contributed by atoms with E-state index >= 15 is 0 Å². The van der Waals surface area contributed by atoms with Crippen LogP contribution >= 0.6 is 0 Å². The highest BCUT2D eigenvalue weighted by molar-refractivity contribution is 5.29. The fourth-order valence-corrected chi connectivity index (χ4v) is 3.09. The van der Waals surface area contributed by atoms with Crippen molar-refractivity contribution in [2.24, 2.45) is 0 Å². The molecule has 116 valence electrons. The second kappa shape index (κ2) is 5.81. The molecule has 1 aliphatic rings. The molecule has 0 bridgehead atoms. The van der Waals surface area contributed by atoms with Crippen molar-refractivity contribution in [3.05, 3.63) is 76.2 Å². The first-order chi connectivity index (χ1) is 11.3. The highest BCUT2D eigenvalue weighted by Gasteiger charge is 2.21. The van der Waals surface area contributed by atoms with Crippen molar-refractivity contribution in [2.75, 3.05) is 6.54 Å². The molecule has 23 heavy (non-hydrogen) atoms. The lowest BCUT2D eigenvalue weighted by Crippen LogP contribution is -3.11. The SMILES string of the molecule is O=c1n(C[NH+]2CCc3ccccc3C2)nnn1-c1ccccc1. The van der Waals surface area contributed by atoms with Gasteiger partial charge in [0.05, 0.1) is 12.2 Å². The second-order valence-corrected chi connectivity index (χ2v) is 5.86. The molecule has 2 aromatic carbocycles. The van der Waals surface area contributed by atoms with Crippen LogP contribution in [-0.4, -0.2) is 26.3 Å². The molecule has 1 N–H and O–H groups in total. The van der Waals surface area contributed by atoms with Gasteiger partial charge in [-0.1, -0.05) is 42.5 Å². The molecule has 1 unspecified atom stereocenters. The first-order valence-corrected chi connectivity index (χ1v) is 7.80. The van der Waals surface area contributed by atoms with Crippen molar-refractivity contribution in [3.63, 3.8) is 0 Å². The van der Waals surface area contributed by atoms with Crippen molar-refractivity contribution in [2.45, 2.75) is 19.6 Å². The van der Waals surface area contributed by atoms with E-state index in [1.807, 2.05) is 30.3 Å². The lowest BCUT2D eigenvalue weighted by Gasteiger charge is -2.24. The molecule has 0 saturated heterocycles. The summed E-state index contributed by atoms with van der Waals surface area (Å²) >= 11 is 0. The summed E-state index contributed by atoms with van der Waals surface area (Å²) in [6.07, 6.45) is 1.03. The van der Waals surface area contributed by atoms with Crippen LogP contribution in [-0.2, 0) is 19.6 Å². The van der Waals surface area contributed by atoms with Gasteiger partial charge >= 0.3 is 5.69 Å². The maximum Gasteiger partial charge on any atom is 0.373 e. The van der Waals surface area contributed by atoms with E-state index < -0.39 is 0 Å². The Bertz CT molecular complexity index is 868. The predicted molar refractivity (Wildman–Crippen MR) is 85.3 cm³/mol. The lowest BCUT2D eigenvalue weighted by atomic mass is 10.0. The van der Waals surface area contributed by atoms with Gasteiger partial charge in [-0.3, -0.25) is 0 Å². The number of benzene rings is 2. The van der Waals surface area contributed by atoms with E-state index in [0.29, 0.717) is 6.67 Å². The Kier molecular flexibility index (Phi) is 3.51. The molecule has 0 fully saturated rings. The molecular formula is C17H18N5O+. The second-order valence-electron chi connectivity index (χ2n) is 5.86. The average molecular weight is 308 g/mol. The lowest BCUT2D eigenvalue weighted by molar-refractivity contribution is -0.939. The van der Waals surface area contributed by atoms with E-state index in [1.54, 1.807) is 0 Å². The van der Waals surface area contributed by atoms with Gasteiger partial charge in [-0.25, -0.2) is 4.79 Å². The normalized spacial score (nSPS) is 17.0. The topological polar surface area (TPSA) is 57.1 Å². The Morgan fingerprint density at radius 3 is 2.52 bits per heavy atom. The van der Waals surface area contributed by atoms with Gasteiger partial charge in [0, 0.05) is 12.0 Å². The van der Waals surface area contributed by atoms with Crippen LogP contribution in [0.1, 0.15) is 11.1 Å². The Balaban J connectivity index is 1.55. The smallest absolute Gasteiger partial charge is 0.312 e. The van der Waals surface area contributed by atoms with Crippen LogP contribution in [0.4, 0.5) is 0 Å². The van der Waals surface area contributed by atoms with Crippen LogP contribution in [0.15, 0.2) is 59.4 Å². The minimum Gasteiger partial charge on any atom is -0.312 e. The summed E-state index contributed by atoms with van der Waals surface area (Å²) in [4.78, 5) is 13.8. The summed E-state index contributed by atoms with van der Waals surface area (Å²) in [5, 5.41) is 8.04. The summed E-state index contributed by atoms with van der Waals surface area (Å²) in [7, 11) is 0. The third-order valence-corrected chi connectivity index (χ3v) is 4.32. The molecule has 0 aliphatic carbocycles. The van der Waals surface area contributed by atoms with Gasteiger partial charge in [0.25, 0.3) is 0 Å². The molecule has 1 aromatic heterocycles. The highest BCUT2D eigenvalue weighted by atomic mass is 16.2. The van der Waals surface area contributed by atoms with E-state index in [1.165, 1.54) is 25.4 Å². The zero-order chi connectivity index (χ0) is 15.6. The van der Waals surface area contributed by atoms with Gasteiger partial charge in [0.15, 0.2) is 6.67 Å². The van der Waals surface area contributed by atoms with E-state index in [9.17, 15) is 4.79 Å². The molecule has 0 amide bonds. The molecule has 1 atom stereocenters. The van der Waals surface area contributed by atoms with Gasteiger partial charge < -0.3 is 4.90 Å². The molecule has 3 aromatic rings. The fourth-order valence-electron chi connectivity index (χ4n) is 3.09. The molecule has 4 rings (SSSR count). The van der Waals surface area contributed by atoms with Crippen molar-refractivity contribution in [1.82, 2.24) is 19.8 Å².